The molecule has 19 heavy (non-hydrogen) atoms. The van der Waals surface area contributed by atoms with Crippen LogP contribution in [0.2, 0.25) is 0 Å². The second kappa shape index (κ2) is 6.04. The van der Waals surface area contributed by atoms with Crippen LogP contribution in [0, 0.1) is 19.8 Å². The topological polar surface area (TPSA) is 54.5 Å². The first kappa shape index (κ1) is 13.8. The van der Waals surface area contributed by atoms with Gasteiger partial charge in [-0.3, -0.25) is 4.98 Å². The molecule has 1 aliphatic rings. The van der Waals surface area contributed by atoms with Crippen LogP contribution in [0.5, 0.6) is 0 Å². The summed E-state index contributed by atoms with van der Waals surface area (Å²) < 4.78 is 0. The molecule has 1 saturated heterocycles. The minimum absolute atomic E-state index is 0.567. The molecule has 2 N–H and O–H groups in total. The van der Waals surface area contributed by atoms with Gasteiger partial charge in [0.25, 0.3) is 0 Å². The fourth-order valence-corrected chi connectivity index (χ4v) is 2.43. The summed E-state index contributed by atoms with van der Waals surface area (Å²) in [5, 5.41) is 0. The van der Waals surface area contributed by atoms with Gasteiger partial charge in [-0.25, -0.2) is 4.99 Å². The highest BCUT2D eigenvalue weighted by molar-refractivity contribution is 5.78. The monoisotopic (exact) mass is 260 g/mol. The zero-order chi connectivity index (χ0) is 13.8. The number of aromatic nitrogens is 1. The minimum Gasteiger partial charge on any atom is -0.370 e. The number of nitrogens with zero attached hydrogens (tertiary/aromatic N) is 3. The van der Waals surface area contributed by atoms with Gasteiger partial charge < -0.3 is 10.6 Å². The second-order valence-corrected chi connectivity index (χ2v) is 5.57. The van der Waals surface area contributed by atoms with E-state index in [0.717, 1.165) is 24.5 Å². The molecule has 2 rings (SSSR count). The van der Waals surface area contributed by atoms with Crippen molar-refractivity contribution in [1.82, 2.24) is 9.88 Å². The molecule has 1 aromatic heterocycles. The number of aryl methyl sites for hydroxylation is 2. The summed E-state index contributed by atoms with van der Waals surface area (Å²) in [6.07, 6.45) is 2.50. The Balaban J connectivity index is 1.98. The van der Waals surface area contributed by atoms with E-state index in [-0.39, 0.29) is 0 Å². The quantitative estimate of drug-likeness (QED) is 0.655. The van der Waals surface area contributed by atoms with Crippen LogP contribution in [0.1, 0.15) is 36.7 Å². The Bertz CT molecular complexity index is 467. The van der Waals surface area contributed by atoms with E-state index in [0.29, 0.717) is 18.4 Å². The highest BCUT2D eigenvalue weighted by Gasteiger charge is 2.17. The summed E-state index contributed by atoms with van der Waals surface area (Å²) in [6.45, 7) is 8.98. The van der Waals surface area contributed by atoms with Gasteiger partial charge in [-0.05, 0) is 44.2 Å². The zero-order valence-corrected chi connectivity index (χ0v) is 12.2. The molecule has 1 aliphatic heterocycles. The molecule has 0 saturated carbocycles. The Kier molecular flexibility index (Phi) is 4.40. The zero-order valence-electron chi connectivity index (χ0n) is 12.2. The van der Waals surface area contributed by atoms with E-state index in [1.807, 2.05) is 13.0 Å². The van der Waals surface area contributed by atoms with E-state index in [1.54, 1.807) is 0 Å². The number of pyridine rings is 1. The fourth-order valence-electron chi connectivity index (χ4n) is 2.43. The van der Waals surface area contributed by atoms with Crippen LogP contribution in [0.15, 0.2) is 17.1 Å². The van der Waals surface area contributed by atoms with Gasteiger partial charge in [0.2, 0.25) is 0 Å². The van der Waals surface area contributed by atoms with Crippen molar-refractivity contribution in [3.63, 3.8) is 0 Å². The normalized spacial score (nSPS) is 20.7. The van der Waals surface area contributed by atoms with Gasteiger partial charge in [0.15, 0.2) is 5.96 Å². The largest absolute Gasteiger partial charge is 0.370 e. The third-order valence-corrected chi connectivity index (χ3v) is 3.79. The SMILES string of the molecule is Cc1ccc(CN=C(N)N2CCCC(C)C2)nc1C. The van der Waals surface area contributed by atoms with Crippen LogP contribution in [0.3, 0.4) is 0 Å². The van der Waals surface area contributed by atoms with Crippen molar-refractivity contribution in [2.24, 2.45) is 16.6 Å². The molecule has 0 bridgehead atoms. The van der Waals surface area contributed by atoms with E-state index < -0.39 is 0 Å². The van der Waals surface area contributed by atoms with Crippen molar-refractivity contribution in [3.05, 3.63) is 29.1 Å². The number of nitrogens with two attached hydrogens (primary N) is 1. The van der Waals surface area contributed by atoms with Gasteiger partial charge in [-0.1, -0.05) is 13.0 Å². The van der Waals surface area contributed by atoms with Gasteiger partial charge >= 0.3 is 0 Å². The lowest BCUT2D eigenvalue weighted by Gasteiger charge is -2.31. The highest BCUT2D eigenvalue weighted by atomic mass is 15.3. The van der Waals surface area contributed by atoms with Crippen LogP contribution in [0.25, 0.3) is 0 Å². The maximum atomic E-state index is 6.07. The minimum atomic E-state index is 0.567. The Labute approximate surface area is 115 Å². The standard InChI is InChI=1S/C15H24N4/c1-11-5-4-8-19(10-11)15(16)17-9-14-7-6-12(2)13(3)18-14/h6-7,11H,4-5,8-10H2,1-3H3,(H2,16,17). The van der Waals surface area contributed by atoms with Gasteiger partial charge in [0.1, 0.15) is 0 Å². The van der Waals surface area contributed by atoms with Crippen molar-refractivity contribution in [3.8, 4) is 0 Å². The number of likely N-dealkylation sites (tertiary alicyclic amines) is 1. The molecular formula is C15H24N4. The van der Waals surface area contributed by atoms with Crippen molar-refractivity contribution >= 4 is 5.96 Å². The molecule has 4 heteroatoms. The van der Waals surface area contributed by atoms with E-state index >= 15 is 0 Å². The van der Waals surface area contributed by atoms with Crippen LogP contribution in [0.4, 0.5) is 0 Å². The van der Waals surface area contributed by atoms with Crippen LogP contribution >= 0.6 is 0 Å². The molecule has 0 aromatic carbocycles. The Morgan fingerprint density at radius 1 is 1.47 bits per heavy atom. The van der Waals surface area contributed by atoms with E-state index in [1.165, 1.54) is 18.4 Å². The Morgan fingerprint density at radius 3 is 2.95 bits per heavy atom. The van der Waals surface area contributed by atoms with Gasteiger partial charge in [0.05, 0.1) is 12.2 Å². The van der Waals surface area contributed by atoms with Crippen LogP contribution in [-0.4, -0.2) is 28.9 Å². The lowest BCUT2D eigenvalue weighted by Crippen LogP contribution is -2.43. The van der Waals surface area contributed by atoms with Gasteiger partial charge in [0, 0.05) is 18.8 Å². The highest BCUT2D eigenvalue weighted by Crippen LogP contribution is 2.15. The smallest absolute Gasteiger partial charge is 0.191 e. The number of hydrogen-bond acceptors (Lipinski definition) is 2. The molecule has 1 aromatic rings. The second-order valence-electron chi connectivity index (χ2n) is 5.57. The van der Waals surface area contributed by atoms with E-state index in [2.05, 4.69) is 34.8 Å². The van der Waals surface area contributed by atoms with Crippen molar-refractivity contribution in [2.75, 3.05) is 13.1 Å². The number of rotatable bonds is 2. The lowest BCUT2D eigenvalue weighted by molar-refractivity contribution is 0.270. The molecule has 0 radical (unpaired) electrons. The van der Waals surface area contributed by atoms with Gasteiger partial charge in [-0.15, -0.1) is 0 Å². The summed E-state index contributed by atoms with van der Waals surface area (Å²) in [6, 6.07) is 4.12. The first-order chi connectivity index (χ1) is 9.06. The molecule has 2 heterocycles. The maximum Gasteiger partial charge on any atom is 0.191 e. The first-order valence-electron chi connectivity index (χ1n) is 7.04. The molecule has 1 fully saturated rings. The summed E-state index contributed by atoms with van der Waals surface area (Å²) in [4.78, 5) is 11.2. The summed E-state index contributed by atoms with van der Waals surface area (Å²) in [5.41, 5.74) is 9.34. The number of guanidine groups is 1. The average Bonchev–Trinajstić information content (AvgIpc) is 2.40. The third kappa shape index (κ3) is 3.69. The summed E-state index contributed by atoms with van der Waals surface area (Å²) in [5.74, 6) is 1.37. The van der Waals surface area contributed by atoms with E-state index in [4.69, 9.17) is 5.73 Å². The first-order valence-corrected chi connectivity index (χ1v) is 7.04. The molecule has 0 aliphatic carbocycles. The van der Waals surface area contributed by atoms with Crippen molar-refractivity contribution in [1.29, 1.82) is 0 Å². The van der Waals surface area contributed by atoms with E-state index in [9.17, 15) is 0 Å². The molecular weight excluding hydrogens is 236 g/mol. The Hall–Kier alpha value is -1.58. The third-order valence-electron chi connectivity index (χ3n) is 3.79. The van der Waals surface area contributed by atoms with Gasteiger partial charge in [-0.2, -0.15) is 0 Å². The molecule has 0 amide bonds. The Morgan fingerprint density at radius 2 is 2.26 bits per heavy atom. The van der Waals surface area contributed by atoms with Crippen LogP contribution < -0.4 is 5.73 Å². The number of aliphatic imine (C=N–C) groups is 1. The number of hydrogen-bond donors (Lipinski definition) is 1. The predicted molar refractivity (Wildman–Crippen MR) is 79.0 cm³/mol. The van der Waals surface area contributed by atoms with Crippen molar-refractivity contribution in [2.45, 2.75) is 40.2 Å². The average molecular weight is 260 g/mol. The molecule has 1 atom stereocenters. The van der Waals surface area contributed by atoms with Crippen molar-refractivity contribution < 1.29 is 0 Å². The maximum absolute atomic E-state index is 6.07. The molecule has 104 valence electrons. The number of piperidine rings is 1. The summed E-state index contributed by atoms with van der Waals surface area (Å²) in [7, 11) is 0. The van der Waals surface area contributed by atoms with Crippen LogP contribution in [-0.2, 0) is 6.54 Å². The molecule has 1 unspecified atom stereocenters. The molecule has 0 spiro atoms. The summed E-state index contributed by atoms with van der Waals surface area (Å²) >= 11 is 0. The molecule has 4 nitrogen and oxygen atoms in total. The predicted octanol–water partition coefficient (Wildman–Crippen LogP) is 2.25. The fraction of sp³-hybridized carbons (Fsp3) is 0.600. The lowest BCUT2D eigenvalue weighted by atomic mass is 10.0.